The van der Waals surface area contributed by atoms with Crippen molar-refractivity contribution in [3.05, 3.63) is 22.2 Å². The van der Waals surface area contributed by atoms with Crippen LogP contribution in [-0.4, -0.2) is 61.1 Å². The largest absolute Gasteiger partial charge is 0.490 e. The highest BCUT2D eigenvalue weighted by molar-refractivity contribution is 7.66. The Hall–Kier alpha value is -1.47. The Morgan fingerprint density at radius 2 is 1.89 bits per heavy atom. The van der Waals surface area contributed by atoms with Crippen molar-refractivity contribution in [2.75, 3.05) is 25.5 Å². The minimum atomic E-state index is -5.68. The monoisotopic (exact) mass is 576 g/mol. The van der Waals surface area contributed by atoms with Gasteiger partial charge in [-0.2, -0.15) is 13.6 Å². The zero-order valence-electron chi connectivity index (χ0n) is 19.1. The summed E-state index contributed by atoms with van der Waals surface area (Å²) in [7, 11) is -16.6. The van der Waals surface area contributed by atoms with E-state index in [1.807, 2.05) is 13.8 Å². The first-order valence-electron chi connectivity index (χ1n) is 10.1. The summed E-state index contributed by atoms with van der Waals surface area (Å²) in [4.78, 5) is 52.4. The molecule has 1 aromatic heterocycles. The summed E-state index contributed by atoms with van der Waals surface area (Å²) in [5.41, 5.74) is 10.5. The van der Waals surface area contributed by atoms with E-state index in [1.165, 1.54) is 6.20 Å². The summed E-state index contributed by atoms with van der Waals surface area (Å²) < 4.78 is 59.0. The van der Waals surface area contributed by atoms with Gasteiger partial charge in [-0.25, -0.2) is 18.5 Å². The van der Waals surface area contributed by atoms with Gasteiger partial charge in [0, 0.05) is 19.2 Å². The second kappa shape index (κ2) is 12.4. The third-order valence-corrected chi connectivity index (χ3v) is 8.06. The van der Waals surface area contributed by atoms with E-state index in [0.717, 1.165) is 4.57 Å². The lowest BCUT2D eigenvalue weighted by atomic mass is 10.1. The van der Waals surface area contributed by atoms with E-state index in [9.17, 15) is 28.3 Å². The summed E-state index contributed by atoms with van der Waals surface area (Å²) in [5.74, 6) is 5.22. The molecule has 17 nitrogen and oxygen atoms in total. The zero-order chi connectivity index (χ0) is 27.3. The van der Waals surface area contributed by atoms with Crippen LogP contribution in [0.1, 0.15) is 32.1 Å². The van der Waals surface area contributed by atoms with Crippen LogP contribution >= 0.6 is 23.5 Å². The number of anilines is 1. The minimum Gasteiger partial charge on any atom is -0.382 e. The number of nitrogens with zero attached hydrogens (tertiary/aromatic N) is 2. The molecule has 1 aliphatic rings. The standard InChI is InChI=1S/C16H27N4O13P3/c1-10(2)8-29-12-6-14(20-7-11(4-3-5-17)15(18)19-16(20)21)31-13(12)9-30-35(25,26)33-36(27,28)32-34(22,23)24/h7,10,12-14H,5-6,8-9,17H2,1-2H3,(H,25,26)(H,27,28)(H2,18,19,21)(H2,22,23,24)/t12-,13?,14-/m1/s1. The molecular formula is C16H27N4O13P3. The first-order chi connectivity index (χ1) is 16.5. The number of phosphoric acid groups is 3. The van der Waals surface area contributed by atoms with Gasteiger partial charge < -0.3 is 40.5 Å². The molecule has 1 saturated heterocycles. The number of rotatable bonds is 11. The second-order valence-electron chi connectivity index (χ2n) is 7.75. The van der Waals surface area contributed by atoms with E-state index < -0.39 is 54.2 Å². The molecule has 204 valence electrons. The van der Waals surface area contributed by atoms with Crippen LogP contribution in [0.5, 0.6) is 0 Å². The van der Waals surface area contributed by atoms with Crippen molar-refractivity contribution in [3.8, 4) is 11.8 Å². The van der Waals surface area contributed by atoms with Gasteiger partial charge in [0.15, 0.2) is 0 Å². The van der Waals surface area contributed by atoms with Crippen molar-refractivity contribution in [2.24, 2.45) is 11.7 Å². The van der Waals surface area contributed by atoms with Crippen LogP contribution in [0.2, 0.25) is 0 Å². The lowest BCUT2D eigenvalue weighted by Gasteiger charge is -2.21. The van der Waals surface area contributed by atoms with Gasteiger partial charge in [-0.05, 0) is 5.92 Å². The van der Waals surface area contributed by atoms with Gasteiger partial charge in [-0.15, -0.1) is 0 Å². The lowest BCUT2D eigenvalue weighted by Crippen LogP contribution is -2.30. The maximum Gasteiger partial charge on any atom is 0.490 e. The van der Waals surface area contributed by atoms with E-state index in [-0.39, 0.29) is 36.9 Å². The van der Waals surface area contributed by atoms with Gasteiger partial charge in [0.25, 0.3) is 0 Å². The average molecular weight is 576 g/mol. The second-order valence-corrected chi connectivity index (χ2v) is 12.2. The van der Waals surface area contributed by atoms with Gasteiger partial charge in [-0.3, -0.25) is 9.09 Å². The fraction of sp³-hybridized carbons (Fsp3) is 0.625. The Balaban J connectivity index is 2.21. The molecule has 0 aliphatic carbocycles. The van der Waals surface area contributed by atoms with Crippen LogP contribution in [0, 0.1) is 17.8 Å². The van der Waals surface area contributed by atoms with Crippen LogP contribution in [0.15, 0.2) is 11.0 Å². The Morgan fingerprint density at radius 1 is 1.22 bits per heavy atom. The molecule has 1 aliphatic heterocycles. The van der Waals surface area contributed by atoms with Crippen molar-refractivity contribution in [3.63, 3.8) is 0 Å². The maximum absolute atomic E-state index is 12.4. The van der Waals surface area contributed by atoms with Crippen molar-refractivity contribution in [1.82, 2.24) is 9.55 Å². The van der Waals surface area contributed by atoms with Crippen LogP contribution in [0.4, 0.5) is 5.82 Å². The van der Waals surface area contributed by atoms with Gasteiger partial charge in [0.2, 0.25) is 0 Å². The Labute approximate surface area is 205 Å². The first kappa shape index (κ1) is 30.8. The molecule has 0 spiro atoms. The molecule has 36 heavy (non-hydrogen) atoms. The van der Waals surface area contributed by atoms with Gasteiger partial charge in [-0.1, -0.05) is 25.7 Å². The van der Waals surface area contributed by atoms with Crippen molar-refractivity contribution in [2.45, 2.75) is 38.7 Å². The average Bonchev–Trinajstić information content (AvgIpc) is 3.10. The molecule has 1 aromatic rings. The Morgan fingerprint density at radius 3 is 2.47 bits per heavy atom. The van der Waals surface area contributed by atoms with Crippen LogP contribution in [-0.2, 0) is 36.3 Å². The summed E-state index contributed by atoms with van der Waals surface area (Å²) in [6.45, 7) is 3.26. The van der Waals surface area contributed by atoms with Crippen LogP contribution in [0.3, 0.4) is 0 Å². The van der Waals surface area contributed by atoms with E-state index >= 15 is 0 Å². The predicted molar refractivity (Wildman–Crippen MR) is 122 cm³/mol. The third kappa shape index (κ3) is 9.77. The Kier molecular flexibility index (Phi) is 10.6. The molecule has 2 rings (SSSR count). The molecule has 20 heteroatoms. The molecule has 0 amide bonds. The Bertz CT molecular complexity index is 1190. The van der Waals surface area contributed by atoms with Crippen molar-refractivity contribution in [1.29, 1.82) is 0 Å². The third-order valence-electron chi connectivity index (χ3n) is 4.26. The molecule has 0 saturated carbocycles. The predicted octanol–water partition coefficient (Wildman–Crippen LogP) is -0.192. The molecule has 0 radical (unpaired) electrons. The summed E-state index contributed by atoms with van der Waals surface area (Å²) in [5, 5.41) is 0. The van der Waals surface area contributed by atoms with Crippen molar-refractivity contribution >= 4 is 29.3 Å². The molecule has 0 aromatic carbocycles. The summed E-state index contributed by atoms with van der Waals surface area (Å²) in [6.07, 6.45) is -1.50. The lowest BCUT2D eigenvalue weighted by molar-refractivity contribution is -0.0645. The van der Waals surface area contributed by atoms with Crippen molar-refractivity contribution < 1.29 is 55.9 Å². The number of ether oxygens (including phenoxy) is 2. The molecule has 2 heterocycles. The van der Waals surface area contributed by atoms with E-state index in [1.54, 1.807) is 0 Å². The van der Waals surface area contributed by atoms with E-state index in [2.05, 4.69) is 30.0 Å². The smallest absolute Gasteiger partial charge is 0.382 e. The molecule has 5 atom stereocenters. The minimum absolute atomic E-state index is 0.0340. The highest BCUT2D eigenvalue weighted by Gasteiger charge is 2.43. The van der Waals surface area contributed by atoms with E-state index in [4.69, 9.17) is 30.7 Å². The summed E-state index contributed by atoms with van der Waals surface area (Å²) in [6, 6.07) is 0. The highest BCUT2D eigenvalue weighted by Crippen LogP contribution is 2.66. The van der Waals surface area contributed by atoms with Crippen LogP contribution < -0.4 is 17.2 Å². The number of phosphoric ester groups is 1. The molecular weight excluding hydrogens is 549 g/mol. The first-order valence-corrected chi connectivity index (χ1v) is 14.7. The highest BCUT2D eigenvalue weighted by atomic mass is 31.3. The summed E-state index contributed by atoms with van der Waals surface area (Å²) >= 11 is 0. The van der Waals surface area contributed by atoms with Gasteiger partial charge in [0.05, 0.1) is 24.8 Å². The van der Waals surface area contributed by atoms with E-state index in [0.29, 0.717) is 0 Å². The quantitative estimate of drug-likeness (QED) is 0.147. The molecule has 3 unspecified atom stereocenters. The van der Waals surface area contributed by atoms with Crippen LogP contribution in [0.25, 0.3) is 0 Å². The topological polar surface area (TPSA) is 265 Å². The maximum atomic E-state index is 12.4. The molecule has 8 N–H and O–H groups in total. The number of hydrogen-bond acceptors (Lipinski definition) is 12. The normalized spacial score (nSPS) is 23.6. The fourth-order valence-electron chi connectivity index (χ4n) is 2.91. The zero-order valence-corrected chi connectivity index (χ0v) is 21.8. The SMILES string of the molecule is CC(C)CO[C@@H]1C[C@H](n2cc(C#CCN)c(N)nc2=O)OC1COP(=O)(O)OP(=O)(O)OP(=O)(O)O. The number of nitrogens with two attached hydrogens (primary N) is 2. The fourth-order valence-corrected chi connectivity index (χ4v) is 5.94. The number of aromatic nitrogens is 2. The number of nitrogen functional groups attached to an aromatic ring is 1. The molecule has 1 fully saturated rings. The van der Waals surface area contributed by atoms with Gasteiger partial charge in [0.1, 0.15) is 18.1 Å². The van der Waals surface area contributed by atoms with Gasteiger partial charge >= 0.3 is 29.2 Å². The molecule has 0 bridgehead atoms. The number of hydrogen-bond donors (Lipinski definition) is 6.